The van der Waals surface area contributed by atoms with Crippen LogP contribution in [0.4, 0.5) is 8.78 Å². The van der Waals surface area contributed by atoms with Gasteiger partial charge in [0.25, 0.3) is 0 Å². The molecule has 0 aliphatic carbocycles. The molecule has 0 spiro atoms. The molecule has 0 saturated heterocycles. The molecular weight excluding hydrogens is 785 g/mol. The Morgan fingerprint density at radius 3 is 2.15 bits per heavy atom. The van der Waals surface area contributed by atoms with E-state index in [0.29, 0.717) is 5.39 Å². The summed E-state index contributed by atoms with van der Waals surface area (Å²) in [5, 5.41) is 20.1. The number of carbonyl (C=O) groups excluding carboxylic acids is 1. The van der Waals surface area contributed by atoms with Crippen LogP contribution in [0.1, 0.15) is 41.5 Å². The Morgan fingerprint density at radius 1 is 0.787 bits per heavy atom. The van der Waals surface area contributed by atoms with Crippen LogP contribution in [0.5, 0.6) is 0 Å². The van der Waals surface area contributed by atoms with Gasteiger partial charge in [-0.05, 0) is 50.5 Å². The van der Waals surface area contributed by atoms with Crippen molar-refractivity contribution < 1.29 is 38.8 Å². The molecule has 0 atom stereocenters. The standard InChI is InChI=1S/C29H18F2NSi.C11H20O2.Ir/c1-33(2)26-13-17-6-4-3-5-16(17)11-23(26)29-28-20(9-10-32-29)19-8-7-18-12-24(30)25(31)14-21(18)22(19)15-27(28)33;1-10(2,3)8(12)7-9(13)11(4,5)6;/h3-10,12-15H,1-2H3;7,12H,1-6H3;/q-1;;/b;8-7-;. The summed E-state index contributed by atoms with van der Waals surface area (Å²) in [7, 11) is -2.15. The summed E-state index contributed by atoms with van der Waals surface area (Å²) in [6, 6.07) is 25.1. The average molecular weight is 823 g/mol. The molecule has 0 fully saturated rings. The molecule has 0 saturated carbocycles. The number of allylic oxidation sites excluding steroid dienone is 2. The fourth-order valence-corrected chi connectivity index (χ4v) is 9.13. The molecule has 7 heteroatoms. The van der Waals surface area contributed by atoms with Gasteiger partial charge in [0.1, 0.15) is 5.76 Å². The van der Waals surface area contributed by atoms with E-state index in [4.69, 9.17) is 4.98 Å². The van der Waals surface area contributed by atoms with Crippen molar-refractivity contribution in [2.24, 2.45) is 10.8 Å². The fraction of sp³-hybridized carbons (Fsp3) is 0.250. The van der Waals surface area contributed by atoms with Crippen molar-refractivity contribution in [3.05, 3.63) is 102 Å². The molecule has 1 aromatic heterocycles. The Hall–Kier alpha value is -3.77. The maximum Gasteiger partial charge on any atom is 0.164 e. The largest absolute Gasteiger partial charge is 0.512 e. The van der Waals surface area contributed by atoms with Gasteiger partial charge in [-0.25, -0.2) is 8.78 Å². The van der Waals surface area contributed by atoms with Crippen LogP contribution in [0.3, 0.4) is 0 Å². The van der Waals surface area contributed by atoms with Crippen LogP contribution in [-0.4, -0.2) is 23.9 Å². The topological polar surface area (TPSA) is 50.2 Å². The summed E-state index contributed by atoms with van der Waals surface area (Å²) in [4.78, 5) is 16.3. The summed E-state index contributed by atoms with van der Waals surface area (Å²) in [5.74, 6) is -1.53. The molecule has 5 aromatic carbocycles. The minimum absolute atomic E-state index is 0. The molecule has 243 valence electrons. The van der Waals surface area contributed by atoms with Gasteiger partial charge < -0.3 is 5.11 Å². The normalized spacial score (nSPS) is 14.0. The molecule has 1 aliphatic rings. The third-order valence-electron chi connectivity index (χ3n) is 9.05. The monoisotopic (exact) mass is 823 g/mol. The number of halogens is 2. The maximum atomic E-state index is 14.3. The zero-order valence-corrected chi connectivity index (χ0v) is 31.3. The van der Waals surface area contributed by atoms with Gasteiger partial charge in [-0.2, -0.15) is 0 Å². The molecule has 1 aliphatic heterocycles. The van der Waals surface area contributed by atoms with Crippen LogP contribution in [0, 0.1) is 28.5 Å². The predicted molar refractivity (Wildman–Crippen MR) is 190 cm³/mol. The average Bonchev–Trinajstić information content (AvgIpc) is 2.99. The van der Waals surface area contributed by atoms with E-state index in [9.17, 15) is 18.7 Å². The number of hydrogen-bond acceptors (Lipinski definition) is 3. The summed E-state index contributed by atoms with van der Waals surface area (Å²) in [6.45, 7) is 15.8. The first kappa shape index (κ1) is 34.6. The van der Waals surface area contributed by atoms with Gasteiger partial charge in [-0.15, -0.1) is 28.8 Å². The molecule has 1 N–H and O–H groups in total. The Kier molecular flexibility index (Phi) is 8.85. The van der Waals surface area contributed by atoms with Crippen LogP contribution in [-0.2, 0) is 24.9 Å². The zero-order valence-electron chi connectivity index (χ0n) is 27.9. The third-order valence-corrected chi connectivity index (χ3v) is 12.5. The van der Waals surface area contributed by atoms with Gasteiger partial charge in [-0.3, -0.25) is 9.78 Å². The first-order chi connectivity index (χ1) is 21.5. The van der Waals surface area contributed by atoms with Gasteiger partial charge in [0.15, 0.2) is 17.4 Å². The molecule has 2 heterocycles. The summed E-state index contributed by atoms with van der Waals surface area (Å²) >= 11 is 0. The number of carbonyl (C=O) groups is 1. The number of aromatic nitrogens is 1. The van der Waals surface area contributed by atoms with Gasteiger partial charge in [0.05, 0.1) is 8.07 Å². The summed E-state index contributed by atoms with van der Waals surface area (Å²) in [5.41, 5.74) is 1.29. The Balaban J connectivity index is 0.000000267. The Bertz CT molecular complexity index is 2260. The first-order valence-corrected chi connectivity index (χ1v) is 18.5. The minimum Gasteiger partial charge on any atom is -0.512 e. The number of hydrogen-bond donors (Lipinski definition) is 1. The molecule has 0 unspecified atom stereocenters. The molecular formula is C40H38F2IrNO2Si-. The van der Waals surface area contributed by atoms with E-state index in [2.05, 4.69) is 49.5 Å². The smallest absolute Gasteiger partial charge is 0.164 e. The van der Waals surface area contributed by atoms with Crippen molar-refractivity contribution in [2.75, 3.05) is 0 Å². The van der Waals surface area contributed by atoms with Crippen molar-refractivity contribution in [1.82, 2.24) is 4.98 Å². The number of ketones is 1. The van der Waals surface area contributed by atoms with E-state index in [1.807, 2.05) is 72.0 Å². The number of rotatable bonds is 1. The second-order valence-corrected chi connectivity index (χ2v) is 19.1. The summed E-state index contributed by atoms with van der Waals surface area (Å²) in [6.07, 6.45) is 3.18. The van der Waals surface area contributed by atoms with Crippen LogP contribution in [0.2, 0.25) is 13.1 Å². The van der Waals surface area contributed by atoms with Gasteiger partial charge in [-0.1, -0.05) is 107 Å². The van der Waals surface area contributed by atoms with E-state index in [1.54, 1.807) is 0 Å². The van der Waals surface area contributed by atoms with E-state index < -0.39 is 25.1 Å². The Labute approximate surface area is 289 Å². The number of pyridine rings is 1. The van der Waals surface area contributed by atoms with Crippen LogP contribution in [0.25, 0.3) is 54.3 Å². The molecule has 7 rings (SSSR count). The number of nitrogens with zero attached hydrogens (tertiary/aromatic N) is 1. The third kappa shape index (κ3) is 6.06. The first-order valence-electron chi connectivity index (χ1n) is 15.5. The van der Waals surface area contributed by atoms with Crippen LogP contribution in [0.15, 0.2) is 84.8 Å². The van der Waals surface area contributed by atoms with Crippen molar-refractivity contribution in [2.45, 2.75) is 54.6 Å². The minimum atomic E-state index is -2.15. The molecule has 6 aromatic rings. The maximum absolute atomic E-state index is 14.3. The molecule has 3 nitrogen and oxygen atoms in total. The molecule has 0 bridgehead atoms. The molecule has 47 heavy (non-hydrogen) atoms. The van der Waals surface area contributed by atoms with E-state index in [1.165, 1.54) is 39.4 Å². The van der Waals surface area contributed by atoms with Crippen molar-refractivity contribution in [3.63, 3.8) is 0 Å². The number of fused-ring (bicyclic) bond motifs is 7. The van der Waals surface area contributed by atoms with Crippen molar-refractivity contribution >= 4 is 67.3 Å². The van der Waals surface area contributed by atoms with Gasteiger partial charge in [0, 0.05) is 48.9 Å². The van der Waals surface area contributed by atoms with Gasteiger partial charge >= 0.3 is 0 Å². The van der Waals surface area contributed by atoms with Crippen molar-refractivity contribution in [1.29, 1.82) is 0 Å². The van der Waals surface area contributed by atoms with E-state index in [0.717, 1.165) is 38.2 Å². The summed E-state index contributed by atoms with van der Waals surface area (Å²) < 4.78 is 28.2. The van der Waals surface area contributed by atoms with E-state index in [-0.39, 0.29) is 37.1 Å². The number of aliphatic hydroxyl groups is 1. The SMILES string of the molecule is CC(C)(C)C(=O)/C=C(\O)C(C)(C)C.C[Si]1(C)c2cc3ccccc3[c-]c2-c2nccc3c2c1cc1c2cc(F)c(F)cc2ccc31.[Ir]. The number of aliphatic hydroxyl groups excluding tert-OH is 1. The van der Waals surface area contributed by atoms with E-state index >= 15 is 0 Å². The second kappa shape index (κ2) is 12.0. The quantitative estimate of drug-likeness (QED) is 0.0591. The van der Waals surface area contributed by atoms with Gasteiger partial charge in [0.2, 0.25) is 0 Å². The molecule has 0 amide bonds. The van der Waals surface area contributed by atoms with Crippen LogP contribution >= 0.6 is 0 Å². The van der Waals surface area contributed by atoms with Crippen LogP contribution < -0.4 is 10.4 Å². The van der Waals surface area contributed by atoms with Crippen molar-refractivity contribution in [3.8, 4) is 11.3 Å². The molecule has 1 radical (unpaired) electrons. The fourth-order valence-electron chi connectivity index (χ4n) is 6.14. The predicted octanol–water partition coefficient (Wildman–Crippen LogP) is 9.66. The number of benzene rings is 5. The zero-order chi connectivity index (χ0) is 33.3. The Morgan fingerprint density at radius 2 is 1.47 bits per heavy atom. The second-order valence-electron chi connectivity index (χ2n) is 14.8.